The lowest BCUT2D eigenvalue weighted by Gasteiger charge is -2.14. The number of rotatable bonds is 5. The van der Waals surface area contributed by atoms with E-state index in [-0.39, 0.29) is 12.5 Å². The van der Waals surface area contributed by atoms with Gasteiger partial charge in [0.1, 0.15) is 0 Å². The van der Waals surface area contributed by atoms with E-state index in [2.05, 4.69) is 53.1 Å². The number of benzene rings is 2. The molecule has 0 aliphatic heterocycles. The Labute approximate surface area is 139 Å². The summed E-state index contributed by atoms with van der Waals surface area (Å²) in [6.07, 6.45) is 0. The topological polar surface area (TPSA) is 41.1 Å². The van der Waals surface area contributed by atoms with Crippen LogP contribution in [0.4, 0.5) is 11.4 Å². The largest absolute Gasteiger partial charge is 0.376 e. The van der Waals surface area contributed by atoms with Crippen molar-refractivity contribution in [2.24, 2.45) is 0 Å². The molecule has 0 fully saturated rings. The number of hydrogen-bond acceptors (Lipinski definition) is 2. The van der Waals surface area contributed by atoms with Gasteiger partial charge < -0.3 is 10.6 Å². The second-order valence-electron chi connectivity index (χ2n) is 5.15. The summed E-state index contributed by atoms with van der Waals surface area (Å²) >= 11 is 2.24. The van der Waals surface area contributed by atoms with Crippen molar-refractivity contribution in [3.63, 3.8) is 0 Å². The highest BCUT2D eigenvalue weighted by Gasteiger charge is 2.07. The predicted octanol–water partition coefficient (Wildman–Crippen LogP) is 4.47. The quantitative estimate of drug-likeness (QED) is 0.735. The monoisotopic (exact) mass is 394 g/mol. The molecule has 2 N–H and O–H groups in total. The first kappa shape index (κ1) is 15.8. The van der Waals surface area contributed by atoms with E-state index in [1.807, 2.05) is 42.5 Å². The lowest BCUT2D eigenvalue weighted by atomic mass is 10.0. The van der Waals surface area contributed by atoms with Crippen LogP contribution in [0.5, 0.6) is 0 Å². The summed E-state index contributed by atoms with van der Waals surface area (Å²) in [5.41, 5.74) is 3.06. The van der Waals surface area contributed by atoms with E-state index in [4.69, 9.17) is 0 Å². The van der Waals surface area contributed by atoms with E-state index < -0.39 is 0 Å². The van der Waals surface area contributed by atoms with E-state index in [1.165, 1.54) is 5.56 Å². The predicted molar refractivity (Wildman–Crippen MR) is 96.8 cm³/mol. The fourth-order valence-electron chi connectivity index (χ4n) is 2.08. The van der Waals surface area contributed by atoms with Gasteiger partial charge >= 0.3 is 0 Å². The molecule has 110 valence electrons. The minimum Gasteiger partial charge on any atom is -0.376 e. The van der Waals surface area contributed by atoms with Gasteiger partial charge in [-0.3, -0.25) is 4.79 Å². The number of anilines is 2. The van der Waals surface area contributed by atoms with Crippen molar-refractivity contribution in [1.29, 1.82) is 0 Å². The van der Waals surface area contributed by atoms with E-state index in [9.17, 15) is 4.79 Å². The van der Waals surface area contributed by atoms with E-state index in [1.54, 1.807) is 0 Å². The van der Waals surface area contributed by atoms with Gasteiger partial charge in [0.05, 0.1) is 6.54 Å². The third kappa shape index (κ3) is 4.74. The Kier molecular flexibility index (Phi) is 5.61. The van der Waals surface area contributed by atoms with Crippen LogP contribution in [0.1, 0.15) is 25.3 Å². The fraction of sp³-hybridized carbons (Fsp3) is 0.235. The molecule has 0 heterocycles. The zero-order valence-corrected chi connectivity index (χ0v) is 14.3. The average molecular weight is 394 g/mol. The Morgan fingerprint density at radius 2 is 1.76 bits per heavy atom. The molecule has 0 aliphatic rings. The molecule has 0 aromatic heterocycles. The number of nitrogens with one attached hydrogen (secondary N) is 2. The SMILES string of the molecule is CC(C)c1ccccc1NCC(=O)Nc1ccc(I)cc1. The van der Waals surface area contributed by atoms with Crippen LogP contribution < -0.4 is 10.6 Å². The highest BCUT2D eigenvalue weighted by Crippen LogP contribution is 2.23. The maximum absolute atomic E-state index is 12.0. The molecule has 4 heteroatoms. The molecule has 0 saturated heterocycles. The number of halogens is 1. The van der Waals surface area contributed by atoms with Crippen molar-refractivity contribution in [2.45, 2.75) is 19.8 Å². The van der Waals surface area contributed by atoms with Gasteiger partial charge in [-0.1, -0.05) is 32.0 Å². The normalized spacial score (nSPS) is 10.5. The van der Waals surface area contributed by atoms with Crippen LogP contribution >= 0.6 is 22.6 Å². The zero-order chi connectivity index (χ0) is 15.2. The third-order valence-electron chi connectivity index (χ3n) is 3.15. The van der Waals surface area contributed by atoms with Crippen LogP contribution in [-0.4, -0.2) is 12.5 Å². The number of carbonyl (C=O) groups is 1. The summed E-state index contributed by atoms with van der Waals surface area (Å²) in [5, 5.41) is 6.10. The molecule has 0 atom stereocenters. The molecule has 0 bridgehead atoms. The van der Waals surface area contributed by atoms with Crippen molar-refractivity contribution in [1.82, 2.24) is 0 Å². The van der Waals surface area contributed by atoms with Crippen molar-refractivity contribution in [3.05, 3.63) is 57.7 Å². The summed E-state index contributed by atoms with van der Waals surface area (Å²) in [7, 11) is 0. The van der Waals surface area contributed by atoms with E-state index >= 15 is 0 Å². The van der Waals surface area contributed by atoms with Gasteiger partial charge in [-0.05, 0) is 64.4 Å². The third-order valence-corrected chi connectivity index (χ3v) is 3.87. The number of hydrogen-bond donors (Lipinski definition) is 2. The van der Waals surface area contributed by atoms with Crippen LogP contribution in [0.25, 0.3) is 0 Å². The van der Waals surface area contributed by atoms with Crippen molar-refractivity contribution >= 4 is 39.9 Å². The Balaban J connectivity index is 1.94. The van der Waals surface area contributed by atoms with Crippen molar-refractivity contribution < 1.29 is 4.79 Å². The molecule has 0 unspecified atom stereocenters. The Morgan fingerprint density at radius 3 is 2.43 bits per heavy atom. The second kappa shape index (κ2) is 7.45. The molecule has 3 nitrogen and oxygen atoms in total. The average Bonchev–Trinajstić information content (AvgIpc) is 2.48. The summed E-state index contributed by atoms with van der Waals surface area (Å²) < 4.78 is 1.15. The molecule has 2 aromatic carbocycles. The Morgan fingerprint density at radius 1 is 1.10 bits per heavy atom. The molecule has 0 saturated carbocycles. The van der Waals surface area contributed by atoms with Gasteiger partial charge in [-0.25, -0.2) is 0 Å². The summed E-state index contributed by atoms with van der Waals surface area (Å²) in [5.74, 6) is 0.378. The molecule has 1 amide bonds. The molecule has 2 rings (SSSR count). The number of para-hydroxylation sites is 1. The minimum atomic E-state index is -0.0465. The van der Waals surface area contributed by atoms with Crippen LogP contribution in [0, 0.1) is 3.57 Å². The molecule has 21 heavy (non-hydrogen) atoms. The zero-order valence-electron chi connectivity index (χ0n) is 12.2. The Bertz CT molecular complexity index is 608. The molecule has 0 aliphatic carbocycles. The smallest absolute Gasteiger partial charge is 0.243 e. The summed E-state index contributed by atoms with van der Waals surface area (Å²) in [4.78, 5) is 12.0. The van der Waals surface area contributed by atoms with Gasteiger partial charge in [0.15, 0.2) is 0 Å². The van der Waals surface area contributed by atoms with Gasteiger partial charge in [-0.2, -0.15) is 0 Å². The number of carbonyl (C=O) groups excluding carboxylic acids is 1. The first-order valence-corrected chi connectivity index (χ1v) is 8.02. The van der Waals surface area contributed by atoms with Crippen LogP contribution in [-0.2, 0) is 4.79 Å². The van der Waals surface area contributed by atoms with E-state index in [0.717, 1.165) is 14.9 Å². The van der Waals surface area contributed by atoms with Gasteiger partial charge in [0, 0.05) is 14.9 Å². The van der Waals surface area contributed by atoms with Crippen molar-refractivity contribution in [3.8, 4) is 0 Å². The van der Waals surface area contributed by atoms with Crippen molar-refractivity contribution in [2.75, 3.05) is 17.2 Å². The van der Waals surface area contributed by atoms with Gasteiger partial charge in [0.2, 0.25) is 5.91 Å². The maximum atomic E-state index is 12.0. The van der Waals surface area contributed by atoms with Gasteiger partial charge in [0.25, 0.3) is 0 Å². The minimum absolute atomic E-state index is 0.0465. The second-order valence-corrected chi connectivity index (χ2v) is 6.40. The molecule has 0 radical (unpaired) electrons. The maximum Gasteiger partial charge on any atom is 0.243 e. The van der Waals surface area contributed by atoms with Crippen LogP contribution in [0.3, 0.4) is 0 Å². The highest BCUT2D eigenvalue weighted by molar-refractivity contribution is 14.1. The summed E-state index contributed by atoms with van der Waals surface area (Å²) in [6, 6.07) is 15.8. The summed E-state index contributed by atoms with van der Waals surface area (Å²) in [6.45, 7) is 4.55. The first-order chi connectivity index (χ1) is 10.1. The first-order valence-electron chi connectivity index (χ1n) is 6.94. The fourth-order valence-corrected chi connectivity index (χ4v) is 2.43. The number of amides is 1. The molecule has 0 spiro atoms. The van der Waals surface area contributed by atoms with Gasteiger partial charge in [-0.15, -0.1) is 0 Å². The Hall–Kier alpha value is -1.56. The highest BCUT2D eigenvalue weighted by atomic mass is 127. The molecule has 2 aromatic rings. The van der Waals surface area contributed by atoms with Crippen LogP contribution in [0.2, 0.25) is 0 Å². The lowest BCUT2D eigenvalue weighted by Crippen LogP contribution is -2.22. The van der Waals surface area contributed by atoms with E-state index in [0.29, 0.717) is 5.92 Å². The molecular formula is C17H19IN2O. The molecular weight excluding hydrogens is 375 g/mol. The lowest BCUT2D eigenvalue weighted by molar-refractivity contribution is -0.114. The standard InChI is InChI=1S/C17H19IN2O/c1-12(2)15-5-3-4-6-16(15)19-11-17(21)20-14-9-7-13(18)8-10-14/h3-10,12,19H,11H2,1-2H3,(H,20,21). The van der Waals surface area contributed by atoms with Crippen LogP contribution in [0.15, 0.2) is 48.5 Å².